The summed E-state index contributed by atoms with van der Waals surface area (Å²) in [7, 11) is 0. The number of carbonyl (C=O) groups is 1. The maximum absolute atomic E-state index is 12.7. The van der Waals surface area contributed by atoms with E-state index in [2.05, 4.69) is 9.97 Å². The predicted molar refractivity (Wildman–Crippen MR) is 117 cm³/mol. The number of benzene rings is 2. The van der Waals surface area contributed by atoms with Crippen molar-refractivity contribution in [3.05, 3.63) is 95.8 Å². The van der Waals surface area contributed by atoms with Gasteiger partial charge in [-0.05, 0) is 36.6 Å². The Balaban J connectivity index is 1.92. The first-order chi connectivity index (χ1) is 14.6. The fourth-order valence-electron chi connectivity index (χ4n) is 4.25. The molecule has 0 amide bonds. The van der Waals surface area contributed by atoms with Crippen LogP contribution in [0.25, 0.3) is 10.9 Å². The Labute approximate surface area is 175 Å². The molecule has 0 saturated heterocycles. The Morgan fingerprint density at radius 3 is 2.20 bits per heavy atom. The van der Waals surface area contributed by atoms with Crippen LogP contribution in [-0.4, -0.2) is 27.1 Å². The summed E-state index contributed by atoms with van der Waals surface area (Å²) in [5, 5.41) is 11.3. The SMILES string of the molecule is CCC(c1ccccc1)(c1ccccc1)[C@H](Oc1nc(C)cc2cc[nH]c12)C(=O)O. The van der Waals surface area contributed by atoms with Crippen molar-refractivity contribution in [2.45, 2.75) is 31.8 Å². The van der Waals surface area contributed by atoms with Crippen LogP contribution in [0.5, 0.6) is 5.88 Å². The summed E-state index contributed by atoms with van der Waals surface area (Å²) in [4.78, 5) is 20.3. The van der Waals surface area contributed by atoms with Gasteiger partial charge in [0.25, 0.3) is 0 Å². The van der Waals surface area contributed by atoms with Crippen molar-refractivity contribution in [2.24, 2.45) is 0 Å². The van der Waals surface area contributed by atoms with Crippen LogP contribution in [0, 0.1) is 6.92 Å². The van der Waals surface area contributed by atoms with E-state index in [4.69, 9.17) is 4.74 Å². The monoisotopic (exact) mass is 400 g/mol. The van der Waals surface area contributed by atoms with Crippen molar-refractivity contribution >= 4 is 16.9 Å². The molecule has 5 heteroatoms. The first-order valence-corrected chi connectivity index (χ1v) is 10.0. The average molecular weight is 400 g/mol. The lowest BCUT2D eigenvalue weighted by molar-refractivity contribution is -0.148. The number of fused-ring (bicyclic) bond motifs is 1. The van der Waals surface area contributed by atoms with Crippen LogP contribution in [-0.2, 0) is 10.2 Å². The number of nitrogens with zero attached hydrogens (tertiary/aromatic N) is 1. The molecule has 152 valence electrons. The van der Waals surface area contributed by atoms with Gasteiger partial charge >= 0.3 is 5.97 Å². The molecule has 2 heterocycles. The number of carboxylic acids is 1. The number of ether oxygens (including phenoxy) is 1. The zero-order valence-corrected chi connectivity index (χ0v) is 17.0. The number of aryl methyl sites for hydroxylation is 1. The van der Waals surface area contributed by atoms with E-state index in [9.17, 15) is 9.90 Å². The van der Waals surface area contributed by atoms with Crippen molar-refractivity contribution in [3.63, 3.8) is 0 Å². The summed E-state index contributed by atoms with van der Waals surface area (Å²) in [6.07, 6.45) is 1.17. The summed E-state index contributed by atoms with van der Waals surface area (Å²) in [5.41, 5.74) is 2.35. The third-order valence-corrected chi connectivity index (χ3v) is 5.67. The second-order valence-corrected chi connectivity index (χ2v) is 7.40. The van der Waals surface area contributed by atoms with Crippen LogP contribution < -0.4 is 4.74 Å². The van der Waals surface area contributed by atoms with Crippen LogP contribution in [0.3, 0.4) is 0 Å². The summed E-state index contributed by atoms with van der Waals surface area (Å²) in [5.74, 6) is -0.736. The van der Waals surface area contributed by atoms with E-state index >= 15 is 0 Å². The van der Waals surface area contributed by atoms with Gasteiger partial charge in [-0.1, -0.05) is 67.6 Å². The Morgan fingerprint density at radius 1 is 1.07 bits per heavy atom. The molecule has 5 nitrogen and oxygen atoms in total. The fourth-order valence-corrected chi connectivity index (χ4v) is 4.25. The van der Waals surface area contributed by atoms with Gasteiger partial charge in [0.1, 0.15) is 5.52 Å². The quantitative estimate of drug-likeness (QED) is 0.453. The molecule has 2 aromatic carbocycles. The Kier molecular flexibility index (Phi) is 5.27. The van der Waals surface area contributed by atoms with Crippen molar-refractivity contribution in [1.82, 2.24) is 9.97 Å². The fraction of sp³-hybridized carbons (Fsp3) is 0.200. The number of hydrogen-bond acceptors (Lipinski definition) is 3. The van der Waals surface area contributed by atoms with Crippen molar-refractivity contribution < 1.29 is 14.6 Å². The Morgan fingerprint density at radius 2 is 1.67 bits per heavy atom. The number of H-pyrrole nitrogens is 1. The number of rotatable bonds is 7. The molecule has 2 N–H and O–H groups in total. The van der Waals surface area contributed by atoms with Gasteiger partial charge in [0, 0.05) is 17.3 Å². The average Bonchev–Trinajstić information content (AvgIpc) is 3.24. The van der Waals surface area contributed by atoms with Gasteiger partial charge in [0.2, 0.25) is 12.0 Å². The zero-order valence-electron chi connectivity index (χ0n) is 17.0. The predicted octanol–water partition coefficient (Wildman–Crippen LogP) is 5.10. The van der Waals surface area contributed by atoms with Crippen LogP contribution in [0.1, 0.15) is 30.2 Å². The highest BCUT2D eigenvalue weighted by Crippen LogP contribution is 2.41. The number of aromatic amines is 1. The van der Waals surface area contributed by atoms with Gasteiger partial charge in [-0.3, -0.25) is 0 Å². The molecular formula is C25H24N2O3. The van der Waals surface area contributed by atoms with Crippen LogP contribution in [0.2, 0.25) is 0 Å². The van der Waals surface area contributed by atoms with Gasteiger partial charge in [-0.25, -0.2) is 9.78 Å². The summed E-state index contributed by atoms with van der Waals surface area (Å²) in [6, 6.07) is 23.3. The molecule has 4 aromatic rings. The molecule has 0 bridgehead atoms. The standard InChI is InChI=1S/C25H24N2O3/c1-3-25(19-10-6-4-7-11-19,20-12-8-5-9-13-20)22(24(28)29)30-23-21-18(14-15-26-21)16-17(2)27-23/h4-16,22,26H,3H2,1-2H3,(H,28,29)/t22-/m1/s1. The lowest BCUT2D eigenvalue weighted by atomic mass is 9.68. The maximum Gasteiger partial charge on any atom is 0.346 e. The molecule has 0 aliphatic carbocycles. The molecule has 0 unspecified atom stereocenters. The van der Waals surface area contributed by atoms with Crippen LogP contribution in [0.4, 0.5) is 0 Å². The Hall–Kier alpha value is -3.60. The van der Waals surface area contributed by atoms with Crippen molar-refractivity contribution in [2.75, 3.05) is 0 Å². The van der Waals surface area contributed by atoms with E-state index in [1.165, 1.54) is 0 Å². The first kappa shape index (κ1) is 19.7. The van der Waals surface area contributed by atoms with Crippen molar-refractivity contribution in [3.8, 4) is 5.88 Å². The molecule has 0 fully saturated rings. The second kappa shape index (κ2) is 8.03. The largest absolute Gasteiger partial charge is 0.478 e. The van der Waals surface area contributed by atoms with Gasteiger partial charge in [-0.2, -0.15) is 0 Å². The Bertz CT molecular complexity index is 1110. The number of hydrogen-bond donors (Lipinski definition) is 2. The van der Waals surface area contributed by atoms with E-state index in [0.29, 0.717) is 17.8 Å². The van der Waals surface area contributed by atoms with Gasteiger partial charge in [0.05, 0.1) is 5.41 Å². The molecule has 1 atom stereocenters. The zero-order chi connectivity index (χ0) is 21.1. The molecular weight excluding hydrogens is 376 g/mol. The molecule has 2 aromatic heterocycles. The van der Waals surface area contributed by atoms with Gasteiger partial charge in [-0.15, -0.1) is 0 Å². The second-order valence-electron chi connectivity index (χ2n) is 7.40. The minimum atomic E-state index is -1.17. The topological polar surface area (TPSA) is 75.2 Å². The first-order valence-electron chi connectivity index (χ1n) is 10.0. The van der Waals surface area contributed by atoms with Crippen molar-refractivity contribution in [1.29, 1.82) is 0 Å². The number of aromatic nitrogens is 2. The summed E-state index contributed by atoms with van der Waals surface area (Å²) < 4.78 is 6.25. The minimum Gasteiger partial charge on any atom is -0.478 e. The molecule has 0 saturated carbocycles. The molecule has 30 heavy (non-hydrogen) atoms. The van der Waals surface area contributed by atoms with Crippen LogP contribution in [0.15, 0.2) is 79.0 Å². The molecule has 0 aliphatic rings. The lowest BCUT2D eigenvalue weighted by Gasteiger charge is -2.38. The molecule has 4 rings (SSSR count). The normalized spacial score (nSPS) is 12.6. The number of aliphatic carboxylic acids is 1. The maximum atomic E-state index is 12.7. The van der Waals surface area contributed by atoms with E-state index in [1.54, 1.807) is 6.20 Å². The number of carboxylic acid groups (broad SMARTS) is 1. The van der Waals surface area contributed by atoms with E-state index in [-0.39, 0.29) is 0 Å². The smallest absolute Gasteiger partial charge is 0.346 e. The number of pyridine rings is 1. The third kappa shape index (κ3) is 3.32. The van der Waals surface area contributed by atoms with E-state index in [1.807, 2.05) is 86.6 Å². The molecule has 0 aliphatic heterocycles. The van der Waals surface area contributed by atoms with E-state index in [0.717, 1.165) is 22.2 Å². The highest BCUT2D eigenvalue weighted by molar-refractivity contribution is 5.85. The highest BCUT2D eigenvalue weighted by atomic mass is 16.5. The van der Waals surface area contributed by atoms with E-state index < -0.39 is 17.5 Å². The highest BCUT2D eigenvalue weighted by Gasteiger charge is 2.47. The summed E-state index contributed by atoms with van der Waals surface area (Å²) >= 11 is 0. The third-order valence-electron chi connectivity index (χ3n) is 5.67. The van der Waals surface area contributed by atoms with Gasteiger partial charge in [0.15, 0.2) is 0 Å². The lowest BCUT2D eigenvalue weighted by Crippen LogP contribution is -2.49. The number of nitrogens with one attached hydrogen (secondary N) is 1. The summed E-state index contributed by atoms with van der Waals surface area (Å²) in [6.45, 7) is 3.86. The minimum absolute atomic E-state index is 0.298. The van der Waals surface area contributed by atoms with Gasteiger partial charge < -0.3 is 14.8 Å². The molecule has 0 spiro atoms. The van der Waals surface area contributed by atoms with Crippen LogP contribution >= 0.6 is 0 Å². The molecule has 0 radical (unpaired) electrons.